The van der Waals surface area contributed by atoms with Gasteiger partial charge in [-0.15, -0.1) is 0 Å². The van der Waals surface area contributed by atoms with Gasteiger partial charge in [0.1, 0.15) is 28.4 Å². The standard InChI is InChI=1S/C25H27FN4O5/c1-7-27-21(31)17-10-15-16(11-30(6)23(32)18(15)28-17)20-22(29-24(35-20)25(4,5)33)34-19-12(2)8-14(26)9-13(19)3/h8-11,28,33H,7H2,1-6H3,(H,27,31). The number of hydrogen-bond acceptors (Lipinski definition) is 6. The Kier molecular flexibility index (Phi) is 6.02. The van der Waals surface area contributed by atoms with E-state index in [0.29, 0.717) is 34.4 Å². The summed E-state index contributed by atoms with van der Waals surface area (Å²) in [6.07, 6.45) is 1.55. The number of oxazole rings is 1. The highest BCUT2D eigenvalue weighted by atomic mass is 19.1. The highest BCUT2D eigenvalue weighted by molar-refractivity contribution is 6.02. The van der Waals surface area contributed by atoms with E-state index in [2.05, 4.69) is 15.3 Å². The molecule has 3 N–H and O–H groups in total. The molecule has 4 aromatic rings. The smallest absolute Gasteiger partial charge is 0.274 e. The third-order valence-electron chi connectivity index (χ3n) is 5.53. The fourth-order valence-electron chi connectivity index (χ4n) is 3.86. The van der Waals surface area contributed by atoms with Gasteiger partial charge in [0, 0.05) is 30.7 Å². The van der Waals surface area contributed by atoms with Crippen molar-refractivity contribution in [2.75, 3.05) is 6.54 Å². The molecule has 0 aliphatic carbocycles. The Morgan fingerprint density at radius 1 is 1.29 bits per heavy atom. The number of pyridine rings is 1. The Morgan fingerprint density at radius 2 is 1.94 bits per heavy atom. The van der Waals surface area contributed by atoms with Crippen LogP contribution in [0.1, 0.15) is 48.3 Å². The van der Waals surface area contributed by atoms with Gasteiger partial charge in [-0.05, 0) is 63.9 Å². The van der Waals surface area contributed by atoms with Gasteiger partial charge in [0.15, 0.2) is 0 Å². The largest absolute Gasteiger partial charge is 0.435 e. The zero-order valence-electron chi connectivity index (χ0n) is 20.4. The van der Waals surface area contributed by atoms with E-state index in [1.165, 1.54) is 30.5 Å². The van der Waals surface area contributed by atoms with E-state index in [-0.39, 0.29) is 40.2 Å². The van der Waals surface area contributed by atoms with Crippen LogP contribution in [0.2, 0.25) is 0 Å². The molecule has 4 rings (SSSR count). The van der Waals surface area contributed by atoms with Crippen LogP contribution in [0.4, 0.5) is 4.39 Å². The highest BCUT2D eigenvalue weighted by Crippen LogP contribution is 2.40. The number of carbonyl (C=O) groups excluding carboxylic acids is 1. The molecule has 3 aromatic heterocycles. The molecule has 9 nitrogen and oxygen atoms in total. The zero-order chi connectivity index (χ0) is 25.7. The number of nitrogens with one attached hydrogen (secondary N) is 2. The van der Waals surface area contributed by atoms with Crippen LogP contribution in [0.15, 0.2) is 33.6 Å². The Bertz CT molecular complexity index is 1480. The fourth-order valence-corrected chi connectivity index (χ4v) is 3.86. The Morgan fingerprint density at radius 3 is 2.54 bits per heavy atom. The van der Waals surface area contributed by atoms with Crippen LogP contribution in [0, 0.1) is 19.7 Å². The Hall–Kier alpha value is -3.92. The first-order valence-electron chi connectivity index (χ1n) is 11.1. The number of aromatic nitrogens is 3. The van der Waals surface area contributed by atoms with E-state index in [1.807, 2.05) is 0 Å². The molecule has 0 fully saturated rings. The number of H-pyrrole nitrogens is 1. The van der Waals surface area contributed by atoms with Crippen molar-refractivity contribution in [1.29, 1.82) is 0 Å². The number of rotatable bonds is 6. The first-order chi connectivity index (χ1) is 16.4. The van der Waals surface area contributed by atoms with Crippen LogP contribution in [-0.2, 0) is 12.6 Å². The number of hydrogen-bond donors (Lipinski definition) is 3. The lowest BCUT2D eigenvalue weighted by atomic mass is 10.1. The van der Waals surface area contributed by atoms with Gasteiger partial charge >= 0.3 is 0 Å². The lowest BCUT2D eigenvalue weighted by molar-refractivity contribution is 0.0489. The van der Waals surface area contributed by atoms with Crippen molar-refractivity contribution in [3.8, 4) is 23.0 Å². The molecule has 1 amide bonds. The molecule has 0 radical (unpaired) electrons. The number of benzene rings is 1. The molecule has 0 aliphatic heterocycles. The predicted molar refractivity (Wildman–Crippen MR) is 128 cm³/mol. The van der Waals surface area contributed by atoms with Crippen molar-refractivity contribution in [1.82, 2.24) is 19.9 Å². The van der Waals surface area contributed by atoms with Crippen LogP contribution in [0.5, 0.6) is 11.6 Å². The highest BCUT2D eigenvalue weighted by Gasteiger charge is 2.30. The molecule has 184 valence electrons. The van der Waals surface area contributed by atoms with Crippen molar-refractivity contribution in [2.24, 2.45) is 7.05 Å². The maximum absolute atomic E-state index is 13.8. The summed E-state index contributed by atoms with van der Waals surface area (Å²) in [5.41, 5.74) is 0.152. The molecule has 0 bridgehead atoms. The molecule has 0 atom stereocenters. The van der Waals surface area contributed by atoms with Crippen molar-refractivity contribution >= 4 is 16.8 Å². The molecule has 0 saturated carbocycles. The van der Waals surface area contributed by atoms with Gasteiger partial charge in [0.25, 0.3) is 17.3 Å². The average Bonchev–Trinajstić information content (AvgIpc) is 3.39. The number of fused-ring (bicyclic) bond motifs is 1. The van der Waals surface area contributed by atoms with Crippen LogP contribution in [0.3, 0.4) is 0 Å². The normalized spacial score (nSPS) is 11.8. The van der Waals surface area contributed by atoms with E-state index in [9.17, 15) is 19.1 Å². The molecule has 35 heavy (non-hydrogen) atoms. The number of aromatic amines is 1. The van der Waals surface area contributed by atoms with Gasteiger partial charge < -0.3 is 29.1 Å². The molecule has 0 spiro atoms. The molecular weight excluding hydrogens is 455 g/mol. The number of aliphatic hydroxyl groups is 1. The number of aryl methyl sites for hydroxylation is 3. The molecule has 1 aromatic carbocycles. The Labute approximate surface area is 200 Å². The van der Waals surface area contributed by atoms with E-state index >= 15 is 0 Å². The molecule has 0 unspecified atom stereocenters. The summed E-state index contributed by atoms with van der Waals surface area (Å²) in [5, 5.41) is 13.7. The molecule has 0 saturated heterocycles. The second-order valence-corrected chi connectivity index (χ2v) is 8.97. The third-order valence-corrected chi connectivity index (χ3v) is 5.53. The minimum Gasteiger partial charge on any atom is -0.435 e. The predicted octanol–water partition coefficient (Wildman–Crippen LogP) is 4.05. The quantitative estimate of drug-likeness (QED) is 0.381. The van der Waals surface area contributed by atoms with Crippen LogP contribution < -0.4 is 15.6 Å². The average molecular weight is 483 g/mol. The monoisotopic (exact) mass is 482 g/mol. The molecule has 3 heterocycles. The number of carbonyl (C=O) groups is 1. The maximum atomic E-state index is 13.8. The van der Waals surface area contributed by atoms with Crippen LogP contribution in [0.25, 0.3) is 22.2 Å². The number of halogens is 1. The van der Waals surface area contributed by atoms with E-state index in [1.54, 1.807) is 40.1 Å². The summed E-state index contributed by atoms with van der Waals surface area (Å²) in [5.74, 6) is -0.203. The van der Waals surface area contributed by atoms with E-state index in [0.717, 1.165) is 0 Å². The number of amides is 1. The lowest BCUT2D eigenvalue weighted by Gasteiger charge is -2.11. The van der Waals surface area contributed by atoms with Gasteiger partial charge in [0.05, 0.1) is 0 Å². The summed E-state index contributed by atoms with van der Waals surface area (Å²) >= 11 is 0. The summed E-state index contributed by atoms with van der Waals surface area (Å²) in [7, 11) is 1.57. The van der Waals surface area contributed by atoms with Gasteiger partial charge in [-0.2, -0.15) is 4.98 Å². The zero-order valence-corrected chi connectivity index (χ0v) is 20.4. The van der Waals surface area contributed by atoms with Gasteiger partial charge in [0.2, 0.25) is 11.7 Å². The van der Waals surface area contributed by atoms with Gasteiger partial charge in [-0.1, -0.05) is 0 Å². The fraction of sp³-hybridized carbons (Fsp3) is 0.320. The van der Waals surface area contributed by atoms with Crippen molar-refractivity contribution in [3.63, 3.8) is 0 Å². The minimum absolute atomic E-state index is 0.0126. The number of nitrogens with zero attached hydrogens (tertiary/aromatic N) is 2. The van der Waals surface area contributed by atoms with E-state index < -0.39 is 11.4 Å². The van der Waals surface area contributed by atoms with Gasteiger partial charge in [-0.3, -0.25) is 9.59 Å². The van der Waals surface area contributed by atoms with Gasteiger partial charge in [-0.25, -0.2) is 4.39 Å². The van der Waals surface area contributed by atoms with Crippen molar-refractivity contribution in [2.45, 2.75) is 40.2 Å². The summed E-state index contributed by atoms with van der Waals surface area (Å²) in [6, 6.07) is 4.24. The maximum Gasteiger partial charge on any atom is 0.274 e. The SMILES string of the molecule is CCNC(=O)c1cc2c(-c3oc(C(C)(C)O)nc3Oc3c(C)cc(F)cc3C)cn(C)c(=O)c2[nH]1. The summed E-state index contributed by atoms with van der Waals surface area (Å²) < 4.78 is 27.3. The summed E-state index contributed by atoms with van der Waals surface area (Å²) in [4.78, 5) is 32.5. The first-order valence-corrected chi connectivity index (χ1v) is 11.1. The molecular formula is C25H27FN4O5. The molecule has 10 heteroatoms. The van der Waals surface area contributed by atoms with Crippen molar-refractivity contribution < 1.29 is 23.4 Å². The second-order valence-electron chi connectivity index (χ2n) is 8.97. The molecule has 0 aliphatic rings. The van der Waals surface area contributed by atoms with Crippen LogP contribution in [-0.4, -0.2) is 32.1 Å². The Balaban J connectivity index is 1.97. The van der Waals surface area contributed by atoms with E-state index in [4.69, 9.17) is 9.15 Å². The first kappa shape index (κ1) is 24.2. The third kappa shape index (κ3) is 4.44. The second kappa shape index (κ2) is 8.70. The topological polar surface area (TPSA) is 122 Å². The minimum atomic E-state index is -1.44. The number of ether oxygens (including phenoxy) is 1. The van der Waals surface area contributed by atoms with Crippen molar-refractivity contribution in [3.05, 3.63) is 63.3 Å². The summed E-state index contributed by atoms with van der Waals surface area (Å²) in [6.45, 7) is 8.65. The lowest BCUT2D eigenvalue weighted by Crippen LogP contribution is -2.23. The van der Waals surface area contributed by atoms with Crippen LogP contribution >= 0.6 is 0 Å².